The van der Waals surface area contributed by atoms with Gasteiger partial charge in [-0.3, -0.25) is 4.90 Å². The third-order valence-corrected chi connectivity index (χ3v) is 4.38. The van der Waals surface area contributed by atoms with Crippen LogP contribution in [0, 0.1) is 0 Å². The molecule has 0 N–H and O–H groups in total. The highest BCUT2D eigenvalue weighted by Gasteiger charge is 2.30. The third kappa shape index (κ3) is 3.48. The molecule has 2 heterocycles. The van der Waals surface area contributed by atoms with Crippen LogP contribution in [0.3, 0.4) is 0 Å². The number of hydrogen-bond acceptors (Lipinski definition) is 4. The second-order valence-corrected chi connectivity index (χ2v) is 6.13. The highest BCUT2D eigenvalue weighted by atomic mass is 79.9. The molecule has 21 heavy (non-hydrogen) atoms. The molecule has 110 valence electrons. The lowest BCUT2D eigenvalue weighted by Crippen LogP contribution is -2.45. The van der Waals surface area contributed by atoms with Crippen molar-refractivity contribution in [3.8, 4) is 0 Å². The molecule has 0 amide bonds. The van der Waals surface area contributed by atoms with Crippen molar-refractivity contribution in [1.82, 2.24) is 14.9 Å². The Kier molecular flexibility index (Phi) is 4.63. The van der Waals surface area contributed by atoms with Gasteiger partial charge in [0.1, 0.15) is 5.82 Å². The van der Waals surface area contributed by atoms with Crippen molar-refractivity contribution in [1.29, 1.82) is 0 Å². The largest absolute Gasteiger partial charge is 0.371 e. The number of rotatable bonds is 3. The van der Waals surface area contributed by atoms with Gasteiger partial charge in [0, 0.05) is 29.5 Å². The van der Waals surface area contributed by atoms with Crippen molar-refractivity contribution < 1.29 is 4.74 Å². The molecule has 0 aliphatic carbocycles. The van der Waals surface area contributed by atoms with Crippen LogP contribution < -0.4 is 0 Å². The molecule has 1 aromatic heterocycles. The Morgan fingerprint density at radius 2 is 1.95 bits per heavy atom. The van der Waals surface area contributed by atoms with Gasteiger partial charge in [0.25, 0.3) is 0 Å². The maximum absolute atomic E-state index is 5.99. The van der Waals surface area contributed by atoms with Gasteiger partial charge in [-0.25, -0.2) is 9.97 Å². The molecule has 1 aliphatic rings. The van der Waals surface area contributed by atoms with Crippen molar-refractivity contribution in [3.63, 3.8) is 0 Å². The number of benzene rings is 1. The van der Waals surface area contributed by atoms with Gasteiger partial charge < -0.3 is 4.74 Å². The zero-order valence-electron chi connectivity index (χ0n) is 11.9. The molecule has 1 fully saturated rings. The minimum Gasteiger partial charge on any atom is -0.371 e. The number of aromatic nitrogens is 2. The van der Waals surface area contributed by atoms with E-state index in [1.807, 2.05) is 6.07 Å². The summed E-state index contributed by atoms with van der Waals surface area (Å²) >= 11 is 3.47. The Morgan fingerprint density at radius 3 is 2.67 bits per heavy atom. The van der Waals surface area contributed by atoms with Crippen LogP contribution in [0.4, 0.5) is 0 Å². The molecule has 0 saturated carbocycles. The summed E-state index contributed by atoms with van der Waals surface area (Å²) in [5, 5.41) is 0. The lowest BCUT2D eigenvalue weighted by molar-refractivity contribution is -0.0710. The fourth-order valence-corrected chi connectivity index (χ4v) is 2.94. The SMILES string of the molecule is C[C@H]1[C@H](c2ccc(Br)cc2)OCCN1Cc1ncccn1. The summed E-state index contributed by atoms with van der Waals surface area (Å²) in [6.45, 7) is 4.61. The zero-order valence-corrected chi connectivity index (χ0v) is 13.5. The lowest BCUT2D eigenvalue weighted by Gasteiger charge is -2.39. The van der Waals surface area contributed by atoms with Crippen LogP contribution in [0.25, 0.3) is 0 Å². The minimum absolute atomic E-state index is 0.0931. The standard InChI is InChI=1S/C16H18BrN3O/c1-12-16(13-3-5-14(17)6-4-13)21-10-9-20(12)11-15-18-7-2-8-19-15/h2-8,12,16H,9-11H2,1H3/t12-,16+/m0/s1. The van der Waals surface area contributed by atoms with Gasteiger partial charge in [0.05, 0.1) is 19.3 Å². The second kappa shape index (κ2) is 6.64. The maximum Gasteiger partial charge on any atom is 0.142 e. The molecule has 0 spiro atoms. The Morgan fingerprint density at radius 1 is 1.24 bits per heavy atom. The van der Waals surface area contributed by atoms with E-state index in [1.54, 1.807) is 12.4 Å². The van der Waals surface area contributed by atoms with E-state index in [4.69, 9.17) is 4.74 Å². The highest BCUT2D eigenvalue weighted by molar-refractivity contribution is 9.10. The van der Waals surface area contributed by atoms with E-state index >= 15 is 0 Å². The van der Waals surface area contributed by atoms with Gasteiger partial charge in [0.15, 0.2) is 0 Å². The monoisotopic (exact) mass is 347 g/mol. The third-order valence-electron chi connectivity index (χ3n) is 3.85. The van der Waals surface area contributed by atoms with Crippen molar-refractivity contribution in [3.05, 3.63) is 58.6 Å². The zero-order chi connectivity index (χ0) is 14.7. The van der Waals surface area contributed by atoms with Crippen LogP contribution in [0.1, 0.15) is 24.4 Å². The number of hydrogen-bond donors (Lipinski definition) is 0. The molecule has 5 heteroatoms. The molecule has 0 radical (unpaired) electrons. The predicted octanol–water partition coefficient (Wildman–Crippen LogP) is 3.20. The van der Waals surface area contributed by atoms with Crippen LogP contribution in [-0.4, -0.2) is 34.1 Å². The molecule has 0 bridgehead atoms. The first-order valence-electron chi connectivity index (χ1n) is 7.11. The van der Waals surface area contributed by atoms with Crippen LogP contribution in [0.2, 0.25) is 0 Å². The molecule has 3 rings (SSSR count). The molecule has 2 aromatic rings. The molecular formula is C16H18BrN3O. The summed E-state index contributed by atoms with van der Waals surface area (Å²) in [7, 11) is 0. The maximum atomic E-state index is 5.99. The van der Waals surface area contributed by atoms with E-state index in [1.165, 1.54) is 5.56 Å². The Hall–Kier alpha value is -1.30. The van der Waals surface area contributed by atoms with E-state index in [0.29, 0.717) is 6.04 Å². The van der Waals surface area contributed by atoms with E-state index in [2.05, 4.69) is 62.0 Å². The van der Waals surface area contributed by atoms with Crippen molar-refractivity contribution in [2.75, 3.05) is 13.2 Å². The Labute approximate surface area is 133 Å². The summed E-state index contributed by atoms with van der Waals surface area (Å²) in [5.41, 5.74) is 1.21. The first kappa shape index (κ1) is 14.6. The van der Waals surface area contributed by atoms with Crippen molar-refractivity contribution in [2.24, 2.45) is 0 Å². The smallest absolute Gasteiger partial charge is 0.142 e. The van der Waals surface area contributed by atoms with Gasteiger partial charge in [-0.1, -0.05) is 28.1 Å². The fourth-order valence-electron chi connectivity index (χ4n) is 2.67. The molecule has 1 aromatic carbocycles. The fraction of sp³-hybridized carbons (Fsp3) is 0.375. The van der Waals surface area contributed by atoms with Crippen LogP contribution in [-0.2, 0) is 11.3 Å². The molecule has 4 nitrogen and oxygen atoms in total. The first-order chi connectivity index (χ1) is 10.2. The molecule has 1 saturated heterocycles. The molecular weight excluding hydrogens is 330 g/mol. The average molecular weight is 348 g/mol. The number of ether oxygens (including phenoxy) is 1. The van der Waals surface area contributed by atoms with E-state index in [0.717, 1.165) is 30.0 Å². The average Bonchev–Trinajstić information content (AvgIpc) is 2.52. The van der Waals surface area contributed by atoms with Crippen molar-refractivity contribution in [2.45, 2.75) is 25.6 Å². The van der Waals surface area contributed by atoms with Crippen molar-refractivity contribution >= 4 is 15.9 Å². The summed E-state index contributed by atoms with van der Waals surface area (Å²) in [4.78, 5) is 11.0. The van der Waals surface area contributed by atoms with Gasteiger partial charge in [-0.05, 0) is 30.7 Å². The Balaban J connectivity index is 1.74. The number of halogens is 1. The molecule has 2 atom stereocenters. The van der Waals surface area contributed by atoms with Gasteiger partial charge in [-0.2, -0.15) is 0 Å². The molecule has 1 aliphatic heterocycles. The minimum atomic E-state index is 0.0931. The quantitative estimate of drug-likeness (QED) is 0.854. The first-order valence-corrected chi connectivity index (χ1v) is 7.90. The van der Waals surface area contributed by atoms with Crippen LogP contribution in [0.5, 0.6) is 0 Å². The highest BCUT2D eigenvalue weighted by Crippen LogP contribution is 2.29. The van der Waals surface area contributed by atoms with E-state index in [9.17, 15) is 0 Å². The number of morpholine rings is 1. The van der Waals surface area contributed by atoms with E-state index < -0.39 is 0 Å². The summed E-state index contributed by atoms with van der Waals surface area (Å²) in [6.07, 6.45) is 3.68. The predicted molar refractivity (Wildman–Crippen MR) is 84.7 cm³/mol. The van der Waals surface area contributed by atoms with E-state index in [-0.39, 0.29) is 6.10 Å². The van der Waals surface area contributed by atoms with Gasteiger partial charge in [-0.15, -0.1) is 0 Å². The Bertz CT molecular complexity index is 576. The molecule has 0 unspecified atom stereocenters. The summed E-state index contributed by atoms with van der Waals surface area (Å²) in [6, 6.07) is 10.5. The van der Waals surface area contributed by atoms with Gasteiger partial charge in [0.2, 0.25) is 0 Å². The van der Waals surface area contributed by atoms with Gasteiger partial charge >= 0.3 is 0 Å². The summed E-state index contributed by atoms with van der Waals surface area (Å²) in [5.74, 6) is 0.862. The summed E-state index contributed by atoms with van der Waals surface area (Å²) < 4.78 is 7.07. The second-order valence-electron chi connectivity index (χ2n) is 5.22. The number of nitrogens with zero attached hydrogens (tertiary/aromatic N) is 3. The van der Waals surface area contributed by atoms with Crippen LogP contribution in [0.15, 0.2) is 47.2 Å². The van der Waals surface area contributed by atoms with Crippen LogP contribution >= 0.6 is 15.9 Å². The topological polar surface area (TPSA) is 38.2 Å². The normalized spacial score (nSPS) is 23.1. The lowest BCUT2D eigenvalue weighted by atomic mass is 10.0.